The number of carboxylic acid groups (broad SMARTS) is 1. The van der Waals surface area contributed by atoms with Gasteiger partial charge >= 0.3 is 57.4 Å². The summed E-state index contributed by atoms with van der Waals surface area (Å²) in [6.45, 7) is 2.56. The first-order valence-electron chi connectivity index (χ1n) is 3.49. The summed E-state index contributed by atoms with van der Waals surface area (Å²) in [5.41, 5.74) is 7.80. The molecule has 0 heterocycles. The van der Waals surface area contributed by atoms with Gasteiger partial charge in [0.2, 0.25) is 0 Å². The Morgan fingerprint density at radius 2 is 2.42 bits per heavy atom. The van der Waals surface area contributed by atoms with Gasteiger partial charge in [0.05, 0.1) is 19.1 Å². The molecular formula is C6H15KN2O3. The molecule has 0 radical (unpaired) electrons. The van der Waals surface area contributed by atoms with Crippen LogP contribution in [0, 0.1) is 0 Å². The Morgan fingerprint density at radius 1 is 1.83 bits per heavy atom. The van der Waals surface area contributed by atoms with E-state index in [4.69, 9.17) is 15.7 Å². The quantitative estimate of drug-likeness (QED) is 0.307. The molecule has 68 valence electrons. The van der Waals surface area contributed by atoms with Crippen molar-refractivity contribution in [2.75, 3.05) is 13.2 Å². The van der Waals surface area contributed by atoms with Crippen molar-refractivity contribution in [1.82, 2.24) is 5.48 Å². The molecule has 1 atom stereocenters. The van der Waals surface area contributed by atoms with E-state index < -0.39 is 5.97 Å². The molecule has 0 aliphatic heterocycles. The van der Waals surface area contributed by atoms with Crippen LogP contribution in [0.25, 0.3) is 0 Å². The maximum atomic E-state index is 10.2. The third kappa shape index (κ3) is 9.08. The second kappa shape index (κ2) is 10.1. The Bertz CT molecular complexity index is 128. The van der Waals surface area contributed by atoms with Crippen molar-refractivity contribution in [3.05, 3.63) is 0 Å². The van der Waals surface area contributed by atoms with Crippen molar-refractivity contribution in [2.45, 2.75) is 19.4 Å². The van der Waals surface area contributed by atoms with E-state index in [1.165, 1.54) is 0 Å². The van der Waals surface area contributed by atoms with E-state index in [1.807, 2.05) is 0 Å². The molecule has 0 fully saturated rings. The summed E-state index contributed by atoms with van der Waals surface area (Å²) in [5.74, 6) is -0.882. The molecular weight excluding hydrogens is 187 g/mol. The molecule has 5 nitrogen and oxygen atoms in total. The summed E-state index contributed by atoms with van der Waals surface area (Å²) in [4.78, 5) is 15.0. The molecule has 6 heteroatoms. The molecule has 0 saturated heterocycles. The molecule has 12 heavy (non-hydrogen) atoms. The van der Waals surface area contributed by atoms with Gasteiger partial charge in [0.15, 0.2) is 0 Å². The van der Waals surface area contributed by atoms with Crippen LogP contribution in [-0.2, 0) is 9.63 Å². The van der Waals surface area contributed by atoms with Crippen molar-refractivity contribution >= 4 is 5.97 Å². The zero-order valence-corrected chi connectivity index (χ0v) is 10.7. The van der Waals surface area contributed by atoms with E-state index in [9.17, 15) is 4.79 Å². The molecule has 0 amide bonds. The van der Waals surface area contributed by atoms with Crippen LogP contribution < -0.4 is 62.6 Å². The van der Waals surface area contributed by atoms with E-state index in [1.54, 1.807) is 6.92 Å². The molecule has 0 aromatic rings. The van der Waals surface area contributed by atoms with Gasteiger partial charge in [-0.1, -0.05) is 0 Å². The second-order valence-corrected chi connectivity index (χ2v) is 2.08. The monoisotopic (exact) mass is 202 g/mol. The summed E-state index contributed by atoms with van der Waals surface area (Å²) >= 11 is 0. The topological polar surface area (TPSA) is 84.6 Å². The van der Waals surface area contributed by atoms with Gasteiger partial charge in [-0.15, -0.1) is 0 Å². The van der Waals surface area contributed by atoms with Gasteiger partial charge in [0.1, 0.15) is 0 Å². The SMILES string of the molecule is CCONC(CN)CC(=O)O.[H-].[K+]. The van der Waals surface area contributed by atoms with E-state index in [0.717, 1.165) is 0 Å². The van der Waals surface area contributed by atoms with Gasteiger partial charge in [-0.05, 0) is 6.92 Å². The van der Waals surface area contributed by atoms with Gasteiger partial charge in [-0.25, -0.2) is 0 Å². The van der Waals surface area contributed by atoms with Gasteiger partial charge in [0, 0.05) is 6.54 Å². The maximum Gasteiger partial charge on any atom is 1.00 e. The third-order valence-corrected chi connectivity index (χ3v) is 1.10. The van der Waals surface area contributed by atoms with E-state index >= 15 is 0 Å². The van der Waals surface area contributed by atoms with Gasteiger partial charge < -0.3 is 17.1 Å². The molecule has 0 saturated carbocycles. The molecule has 0 rings (SSSR count). The number of nitrogens with two attached hydrogens (primary N) is 1. The second-order valence-electron chi connectivity index (χ2n) is 2.08. The first-order valence-corrected chi connectivity index (χ1v) is 3.49. The minimum Gasteiger partial charge on any atom is -1.00 e. The first kappa shape index (κ1) is 15.5. The van der Waals surface area contributed by atoms with Crippen LogP contribution in [0.3, 0.4) is 0 Å². The molecule has 0 aliphatic carbocycles. The predicted molar refractivity (Wildman–Crippen MR) is 41.0 cm³/mol. The zero-order chi connectivity index (χ0) is 8.69. The largest absolute Gasteiger partial charge is 1.00 e. The Hall–Kier alpha value is 0.986. The zero-order valence-electron chi connectivity index (χ0n) is 8.54. The molecule has 0 bridgehead atoms. The van der Waals surface area contributed by atoms with E-state index in [0.29, 0.717) is 6.61 Å². The Labute approximate surface area is 116 Å². The van der Waals surface area contributed by atoms with Gasteiger partial charge in [0.25, 0.3) is 0 Å². The van der Waals surface area contributed by atoms with Crippen molar-refractivity contribution in [3.8, 4) is 0 Å². The number of carbonyl (C=O) groups is 1. The normalized spacial score (nSPS) is 11.8. The van der Waals surface area contributed by atoms with Crippen molar-refractivity contribution in [1.29, 1.82) is 0 Å². The molecule has 0 spiro atoms. The van der Waals surface area contributed by atoms with E-state index in [2.05, 4.69) is 5.48 Å². The maximum absolute atomic E-state index is 10.2. The van der Waals surface area contributed by atoms with Crippen LogP contribution in [0.2, 0.25) is 0 Å². The van der Waals surface area contributed by atoms with Gasteiger partial charge in [-0.2, -0.15) is 5.48 Å². The standard InChI is InChI=1S/C6H14N2O3.K.H/c1-2-11-8-5(4-7)3-6(9)10;;/h5,8H,2-4,7H2,1H3,(H,9,10);;/q;+1;-1. The summed E-state index contributed by atoms with van der Waals surface area (Å²) in [6.07, 6.45) is -0.0174. The minimum absolute atomic E-state index is 0. The first-order chi connectivity index (χ1) is 5.20. The van der Waals surface area contributed by atoms with Crippen LogP contribution in [0.4, 0.5) is 0 Å². The number of hydrogen-bond donors (Lipinski definition) is 3. The minimum atomic E-state index is -0.882. The molecule has 0 aromatic carbocycles. The smallest absolute Gasteiger partial charge is 1.00 e. The predicted octanol–water partition coefficient (Wildman–Crippen LogP) is -3.55. The summed E-state index contributed by atoms with van der Waals surface area (Å²) in [6, 6.07) is -0.299. The Balaban J connectivity index is -0.000000500. The number of aliphatic carboxylic acids is 1. The van der Waals surface area contributed by atoms with Crippen molar-refractivity contribution < 1.29 is 67.5 Å². The number of carboxylic acids is 1. The molecule has 4 N–H and O–H groups in total. The number of nitrogens with one attached hydrogen (secondary N) is 1. The third-order valence-electron chi connectivity index (χ3n) is 1.10. The van der Waals surface area contributed by atoms with E-state index in [-0.39, 0.29) is 71.8 Å². The molecule has 0 aliphatic rings. The van der Waals surface area contributed by atoms with Gasteiger partial charge in [-0.3, -0.25) is 4.79 Å². The summed E-state index contributed by atoms with van der Waals surface area (Å²) in [5, 5.41) is 8.36. The van der Waals surface area contributed by atoms with Crippen LogP contribution in [0.1, 0.15) is 14.8 Å². The van der Waals surface area contributed by atoms with Crippen LogP contribution in [0.15, 0.2) is 0 Å². The summed E-state index contributed by atoms with van der Waals surface area (Å²) < 4.78 is 0. The fourth-order valence-electron chi connectivity index (χ4n) is 0.585. The average Bonchev–Trinajstić information content (AvgIpc) is 1.97. The van der Waals surface area contributed by atoms with Crippen LogP contribution in [-0.4, -0.2) is 30.3 Å². The fraction of sp³-hybridized carbons (Fsp3) is 0.833. The Kier molecular flexibility index (Phi) is 13.0. The Morgan fingerprint density at radius 3 is 2.75 bits per heavy atom. The number of hydroxylamine groups is 1. The average molecular weight is 202 g/mol. The number of rotatable bonds is 6. The summed E-state index contributed by atoms with van der Waals surface area (Å²) in [7, 11) is 0. The fourth-order valence-corrected chi connectivity index (χ4v) is 0.585. The van der Waals surface area contributed by atoms with Crippen LogP contribution >= 0.6 is 0 Å². The number of hydrogen-bond acceptors (Lipinski definition) is 4. The van der Waals surface area contributed by atoms with Crippen molar-refractivity contribution in [2.24, 2.45) is 5.73 Å². The molecule has 1 unspecified atom stereocenters. The van der Waals surface area contributed by atoms with Crippen LogP contribution in [0.5, 0.6) is 0 Å². The molecule has 0 aromatic heterocycles. The van der Waals surface area contributed by atoms with Crippen molar-refractivity contribution in [3.63, 3.8) is 0 Å².